The molecule has 0 saturated carbocycles. The highest BCUT2D eigenvalue weighted by Crippen LogP contribution is 2.27. The van der Waals surface area contributed by atoms with Gasteiger partial charge in [0, 0.05) is 34.7 Å². The van der Waals surface area contributed by atoms with Gasteiger partial charge in [-0.15, -0.1) is 0 Å². The van der Waals surface area contributed by atoms with Crippen LogP contribution in [-0.4, -0.2) is 30.6 Å². The fourth-order valence-corrected chi connectivity index (χ4v) is 3.03. The first-order valence-electron chi connectivity index (χ1n) is 6.60. The van der Waals surface area contributed by atoms with Crippen molar-refractivity contribution in [1.82, 2.24) is 10.2 Å². The molecule has 2 rings (SSSR count). The van der Waals surface area contributed by atoms with E-state index in [-0.39, 0.29) is 0 Å². The second-order valence-corrected chi connectivity index (χ2v) is 5.63. The van der Waals surface area contributed by atoms with Gasteiger partial charge in [0.25, 0.3) is 0 Å². The van der Waals surface area contributed by atoms with E-state index >= 15 is 0 Å². The Kier molecular flexibility index (Phi) is 5.31. The molecule has 18 heavy (non-hydrogen) atoms. The third kappa shape index (κ3) is 3.39. The fraction of sp³-hybridized carbons (Fsp3) is 0.571. The van der Waals surface area contributed by atoms with Crippen LogP contribution in [0, 0.1) is 0 Å². The molecule has 0 aromatic heterocycles. The molecule has 1 aliphatic rings. The Morgan fingerprint density at radius 1 is 1.33 bits per heavy atom. The van der Waals surface area contributed by atoms with Crippen LogP contribution in [-0.2, 0) is 6.54 Å². The van der Waals surface area contributed by atoms with E-state index in [1.54, 1.807) is 0 Å². The van der Waals surface area contributed by atoms with Gasteiger partial charge in [-0.25, -0.2) is 0 Å². The van der Waals surface area contributed by atoms with Crippen molar-refractivity contribution in [2.45, 2.75) is 32.4 Å². The molecule has 0 aliphatic carbocycles. The minimum absolute atomic E-state index is 0.609. The maximum Gasteiger partial charge on any atom is 0.0465 e. The summed E-state index contributed by atoms with van der Waals surface area (Å²) in [6.07, 6.45) is 2.36. The number of hydrogen-bond acceptors (Lipinski definition) is 2. The Morgan fingerprint density at radius 2 is 2.06 bits per heavy atom. The lowest BCUT2D eigenvalue weighted by atomic mass is 10.1. The molecule has 1 saturated heterocycles. The third-order valence-corrected chi connectivity index (χ3v) is 4.19. The first-order valence-corrected chi connectivity index (χ1v) is 7.35. The third-order valence-electron chi connectivity index (χ3n) is 3.48. The highest BCUT2D eigenvalue weighted by atomic mass is 35.5. The molecule has 100 valence electrons. The highest BCUT2D eigenvalue weighted by Gasteiger charge is 2.22. The number of benzene rings is 1. The number of nitrogens with zero attached hydrogens (tertiary/aromatic N) is 1. The molecule has 1 atom stereocenters. The lowest BCUT2D eigenvalue weighted by Gasteiger charge is -2.28. The van der Waals surface area contributed by atoms with E-state index in [9.17, 15) is 0 Å². The number of hydrogen-bond donors (Lipinski definition) is 1. The minimum atomic E-state index is 0.609. The molecule has 0 radical (unpaired) electrons. The zero-order chi connectivity index (χ0) is 13.0. The van der Waals surface area contributed by atoms with Gasteiger partial charge in [0.2, 0.25) is 0 Å². The summed E-state index contributed by atoms with van der Waals surface area (Å²) in [5.74, 6) is 0. The molecule has 1 aliphatic heterocycles. The molecule has 1 fully saturated rings. The fourth-order valence-electron chi connectivity index (χ4n) is 2.52. The molecule has 2 nitrogen and oxygen atoms in total. The van der Waals surface area contributed by atoms with E-state index in [1.165, 1.54) is 6.42 Å². The molecule has 1 heterocycles. The van der Waals surface area contributed by atoms with Crippen molar-refractivity contribution in [3.8, 4) is 0 Å². The SMILES string of the molecule is CCCN(Cc1c(Cl)cccc1Cl)C1CCNC1. The number of halogens is 2. The van der Waals surface area contributed by atoms with Crippen molar-refractivity contribution in [2.75, 3.05) is 19.6 Å². The molecule has 4 heteroatoms. The average Bonchev–Trinajstić information content (AvgIpc) is 2.86. The van der Waals surface area contributed by atoms with E-state index < -0.39 is 0 Å². The number of nitrogens with one attached hydrogen (secondary N) is 1. The molecule has 0 amide bonds. The van der Waals surface area contributed by atoms with Crippen LogP contribution in [0.2, 0.25) is 10.0 Å². The summed E-state index contributed by atoms with van der Waals surface area (Å²) in [4.78, 5) is 2.49. The number of rotatable bonds is 5. The summed E-state index contributed by atoms with van der Waals surface area (Å²) >= 11 is 12.5. The summed E-state index contributed by atoms with van der Waals surface area (Å²) < 4.78 is 0. The van der Waals surface area contributed by atoms with E-state index in [0.29, 0.717) is 6.04 Å². The average molecular weight is 287 g/mol. The van der Waals surface area contributed by atoms with Crippen LogP contribution in [0.3, 0.4) is 0 Å². The summed E-state index contributed by atoms with van der Waals surface area (Å²) in [5.41, 5.74) is 1.06. The van der Waals surface area contributed by atoms with Gasteiger partial charge in [-0.3, -0.25) is 4.90 Å². The maximum absolute atomic E-state index is 6.25. The molecule has 1 unspecified atom stereocenters. The van der Waals surface area contributed by atoms with Gasteiger partial charge in [0.15, 0.2) is 0 Å². The van der Waals surface area contributed by atoms with Crippen molar-refractivity contribution in [2.24, 2.45) is 0 Å². The van der Waals surface area contributed by atoms with E-state index in [4.69, 9.17) is 23.2 Å². The predicted octanol–water partition coefficient (Wildman–Crippen LogP) is 3.57. The second kappa shape index (κ2) is 6.76. The van der Waals surface area contributed by atoms with Crippen LogP contribution in [0.4, 0.5) is 0 Å². The molecule has 1 aromatic carbocycles. The minimum Gasteiger partial charge on any atom is -0.315 e. The summed E-state index contributed by atoms with van der Waals surface area (Å²) in [6, 6.07) is 6.34. The summed E-state index contributed by atoms with van der Waals surface area (Å²) in [5, 5.41) is 4.96. The second-order valence-electron chi connectivity index (χ2n) is 4.82. The Labute approximate surface area is 119 Å². The summed E-state index contributed by atoms with van der Waals surface area (Å²) in [6.45, 7) is 6.33. The van der Waals surface area contributed by atoms with Crippen LogP contribution in [0.15, 0.2) is 18.2 Å². The van der Waals surface area contributed by atoms with Crippen molar-refractivity contribution < 1.29 is 0 Å². The van der Waals surface area contributed by atoms with Crippen LogP contribution in [0.5, 0.6) is 0 Å². The van der Waals surface area contributed by atoms with E-state index in [2.05, 4.69) is 17.1 Å². The van der Waals surface area contributed by atoms with Crippen molar-refractivity contribution >= 4 is 23.2 Å². The van der Waals surface area contributed by atoms with Gasteiger partial charge < -0.3 is 5.32 Å². The molecular formula is C14H20Cl2N2. The first-order chi connectivity index (χ1) is 8.72. The largest absolute Gasteiger partial charge is 0.315 e. The topological polar surface area (TPSA) is 15.3 Å². The van der Waals surface area contributed by atoms with E-state index in [1.807, 2.05) is 18.2 Å². The predicted molar refractivity (Wildman–Crippen MR) is 78.4 cm³/mol. The Bertz CT molecular complexity index is 369. The Morgan fingerprint density at radius 3 is 2.61 bits per heavy atom. The lowest BCUT2D eigenvalue weighted by Crippen LogP contribution is -2.37. The monoisotopic (exact) mass is 286 g/mol. The van der Waals surface area contributed by atoms with Gasteiger partial charge in [0.05, 0.1) is 0 Å². The normalized spacial score (nSPS) is 19.7. The summed E-state index contributed by atoms with van der Waals surface area (Å²) in [7, 11) is 0. The Hall–Kier alpha value is -0.280. The van der Waals surface area contributed by atoms with Gasteiger partial charge in [-0.05, 0) is 38.1 Å². The smallest absolute Gasteiger partial charge is 0.0465 e. The van der Waals surface area contributed by atoms with Crippen molar-refractivity contribution in [1.29, 1.82) is 0 Å². The molecule has 0 spiro atoms. The van der Waals surface area contributed by atoms with Crippen molar-refractivity contribution in [3.05, 3.63) is 33.8 Å². The van der Waals surface area contributed by atoms with Gasteiger partial charge in [0.1, 0.15) is 0 Å². The zero-order valence-electron chi connectivity index (χ0n) is 10.8. The molecule has 0 bridgehead atoms. The molecular weight excluding hydrogens is 267 g/mol. The van der Waals surface area contributed by atoms with Gasteiger partial charge in [-0.1, -0.05) is 36.2 Å². The quantitative estimate of drug-likeness (QED) is 0.890. The Balaban J connectivity index is 2.12. The molecule has 1 aromatic rings. The van der Waals surface area contributed by atoms with Crippen LogP contribution < -0.4 is 5.32 Å². The molecule has 1 N–H and O–H groups in total. The zero-order valence-corrected chi connectivity index (χ0v) is 12.3. The lowest BCUT2D eigenvalue weighted by molar-refractivity contribution is 0.199. The van der Waals surface area contributed by atoms with Gasteiger partial charge >= 0.3 is 0 Å². The van der Waals surface area contributed by atoms with Crippen LogP contribution in [0.25, 0.3) is 0 Å². The highest BCUT2D eigenvalue weighted by molar-refractivity contribution is 6.35. The standard InChI is InChI=1S/C14H20Cl2N2/c1-2-8-18(11-6-7-17-9-11)10-12-13(15)4-3-5-14(12)16/h3-5,11,17H,2,6-10H2,1H3. The van der Waals surface area contributed by atoms with E-state index in [0.717, 1.165) is 48.2 Å². The van der Waals surface area contributed by atoms with Gasteiger partial charge in [-0.2, -0.15) is 0 Å². The maximum atomic E-state index is 6.25. The van der Waals surface area contributed by atoms with Crippen molar-refractivity contribution in [3.63, 3.8) is 0 Å². The first kappa shape index (κ1) is 14.1. The van der Waals surface area contributed by atoms with Crippen LogP contribution >= 0.6 is 23.2 Å². The van der Waals surface area contributed by atoms with Crippen LogP contribution in [0.1, 0.15) is 25.3 Å².